The third-order valence-electron chi connectivity index (χ3n) is 2.53. The number of aromatic nitrogens is 2. The van der Waals surface area contributed by atoms with Crippen molar-refractivity contribution < 1.29 is 14.3 Å². The molecule has 3 rings (SSSR count). The van der Waals surface area contributed by atoms with Gasteiger partial charge in [-0.25, -0.2) is 4.68 Å². The predicted octanol–water partition coefficient (Wildman–Crippen LogP) is 1.46. The van der Waals surface area contributed by atoms with Crippen LogP contribution < -0.4 is 9.47 Å². The van der Waals surface area contributed by atoms with Crippen molar-refractivity contribution >= 4 is 6.29 Å². The minimum atomic E-state index is 0.542. The second kappa shape index (κ2) is 3.93. The molecule has 0 spiro atoms. The Morgan fingerprint density at radius 3 is 2.82 bits per heavy atom. The fraction of sp³-hybridized carbons (Fsp3) is 0.167. The van der Waals surface area contributed by atoms with Crippen molar-refractivity contribution in [3.63, 3.8) is 0 Å². The van der Waals surface area contributed by atoms with Gasteiger partial charge in [-0.3, -0.25) is 4.79 Å². The molecule has 1 aromatic carbocycles. The highest BCUT2D eigenvalue weighted by Gasteiger charge is 2.12. The van der Waals surface area contributed by atoms with Crippen molar-refractivity contribution in [1.29, 1.82) is 0 Å². The molecule has 17 heavy (non-hydrogen) atoms. The first-order chi connectivity index (χ1) is 8.36. The third-order valence-corrected chi connectivity index (χ3v) is 2.53. The number of carbonyl (C=O) groups excluding carboxylic acids is 1. The second-order valence-corrected chi connectivity index (χ2v) is 3.66. The summed E-state index contributed by atoms with van der Waals surface area (Å²) in [6.07, 6.45) is 3.95. The van der Waals surface area contributed by atoms with Crippen molar-refractivity contribution in [2.24, 2.45) is 0 Å². The molecule has 1 aliphatic rings. The van der Waals surface area contributed by atoms with E-state index in [-0.39, 0.29) is 0 Å². The van der Waals surface area contributed by atoms with Crippen molar-refractivity contribution in [2.75, 3.05) is 13.2 Å². The lowest BCUT2D eigenvalue weighted by Gasteiger charge is -2.18. The fourth-order valence-corrected chi connectivity index (χ4v) is 1.71. The van der Waals surface area contributed by atoms with Crippen LogP contribution in [0, 0.1) is 0 Å². The molecule has 1 aromatic heterocycles. The summed E-state index contributed by atoms with van der Waals surface area (Å²) in [6, 6.07) is 5.55. The molecule has 1 aliphatic heterocycles. The SMILES string of the molecule is O=Cc1cnn(-c2ccc3c(c2)OCCO3)c1. The van der Waals surface area contributed by atoms with Gasteiger partial charge in [0.05, 0.1) is 17.4 Å². The smallest absolute Gasteiger partial charge is 0.163 e. The molecule has 0 aliphatic carbocycles. The van der Waals surface area contributed by atoms with E-state index in [9.17, 15) is 4.79 Å². The van der Waals surface area contributed by atoms with Gasteiger partial charge < -0.3 is 9.47 Å². The lowest BCUT2D eigenvalue weighted by molar-refractivity contribution is 0.112. The molecule has 0 bridgehead atoms. The van der Waals surface area contributed by atoms with E-state index >= 15 is 0 Å². The largest absolute Gasteiger partial charge is 0.486 e. The lowest BCUT2D eigenvalue weighted by Crippen LogP contribution is -2.15. The summed E-state index contributed by atoms with van der Waals surface area (Å²) in [5, 5.41) is 4.10. The highest BCUT2D eigenvalue weighted by Crippen LogP contribution is 2.31. The molecule has 86 valence electrons. The van der Waals surface area contributed by atoms with E-state index in [1.165, 1.54) is 6.20 Å². The summed E-state index contributed by atoms with van der Waals surface area (Å²) in [4.78, 5) is 10.6. The second-order valence-electron chi connectivity index (χ2n) is 3.66. The first-order valence-corrected chi connectivity index (χ1v) is 5.27. The molecule has 2 heterocycles. The van der Waals surface area contributed by atoms with Crippen molar-refractivity contribution in [3.05, 3.63) is 36.2 Å². The van der Waals surface area contributed by atoms with Crippen LogP contribution in [-0.4, -0.2) is 29.3 Å². The Morgan fingerprint density at radius 2 is 2.06 bits per heavy atom. The van der Waals surface area contributed by atoms with Crippen LogP contribution >= 0.6 is 0 Å². The van der Waals surface area contributed by atoms with Crippen LogP contribution in [0.15, 0.2) is 30.6 Å². The first kappa shape index (κ1) is 9.89. The number of hydrogen-bond donors (Lipinski definition) is 0. The van der Waals surface area contributed by atoms with Gasteiger partial charge in [-0.05, 0) is 12.1 Å². The summed E-state index contributed by atoms with van der Waals surface area (Å²) in [7, 11) is 0. The summed E-state index contributed by atoms with van der Waals surface area (Å²) in [5.41, 5.74) is 1.38. The number of nitrogens with zero attached hydrogens (tertiary/aromatic N) is 2. The van der Waals surface area contributed by atoms with E-state index in [4.69, 9.17) is 9.47 Å². The number of fused-ring (bicyclic) bond motifs is 1. The Kier molecular flexibility index (Phi) is 2.29. The average Bonchev–Trinajstić information content (AvgIpc) is 2.87. The highest BCUT2D eigenvalue weighted by atomic mass is 16.6. The van der Waals surface area contributed by atoms with Gasteiger partial charge in [0, 0.05) is 12.3 Å². The van der Waals surface area contributed by atoms with Gasteiger partial charge in [0.15, 0.2) is 17.8 Å². The van der Waals surface area contributed by atoms with Crippen molar-refractivity contribution in [2.45, 2.75) is 0 Å². The van der Waals surface area contributed by atoms with Crippen LogP contribution in [-0.2, 0) is 0 Å². The maximum atomic E-state index is 10.6. The molecule has 0 atom stereocenters. The molecule has 0 amide bonds. The standard InChI is InChI=1S/C12H10N2O3/c15-8-9-6-13-14(7-9)10-1-2-11-12(5-10)17-4-3-16-11/h1-2,5-8H,3-4H2. The van der Waals surface area contributed by atoms with E-state index in [2.05, 4.69) is 5.10 Å². The number of aldehydes is 1. The van der Waals surface area contributed by atoms with Crippen LogP contribution in [0.2, 0.25) is 0 Å². The van der Waals surface area contributed by atoms with Crippen LogP contribution in [0.4, 0.5) is 0 Å². The van der Waals surface area contributed by atoms with Crippen molar-refractivity contribution in [3.8, 4) is 17.2 Å². The van der Waals surface area contributed by atoms with E-state index in [0.29, 0.717) is 24.5 Å². The topological polar surface area (TPSA) is 53.4 Å². The van der Waals surface area contributed by atoms with Gasteiger partial charge in [0.1, 0.15) is 13.2 Å². The number of ether oxygens (including phenoxy) is 2. The Morgan fingerprint density at radius 1 is 1.24 bits per heavy atom. The van der Waals surface area contributed by atoms with Crippen LogP contribution in [0.3, 0.4) is 0 Å². The predicted molar refractivity (Wildman–Crippen MR) is 59.9 cm³/mol. The molecule has 2 aromatic rings. The number of rotatable bonds is 2. The van der Waals surface area contributed by atoms with Crippen LogP contribution in [0.5, 0.6) is 11.5 Å². The summed E-state index contributed by atoms with van der Waals surface area (Å²) < 4.78 is 12.5. The lowest BCUT2D eigenvalue weighted by atomic mass is 10.2. The van der Waals surface area contributed by atoms with Gasteiger partial charge in [0.25, 0.3) is 0 Å². The van der Waals surface area contributed by atoms with E-state index in [1.54, 1.807) is 10.9 Å². The molecular weight excluding hydrogens is 220 g/mol. The molecule has 0 saturated carbocycles. The van der Waals surface area contributed by atoms with Gasteiger partial charge >= 0.3 is 0 Å². The van der Waals surface area contributed by atoms with Crippen molar-refractivity contribution in [1.82, 2.24) is 9.78 Å². The fourth-order valence-electron chi connectivity index (χ4n) is 1.71. The zero-order valence-corrected chi connectivity index (χ0v) is 9.00. The minimum Gasteiger partial charge on any atom is -0.486 e. The van der Waals surface area contributed by atoms with Crippen LogP contribution in [0.1, 0.15) is 10.4 Å². The average molecular weight is 230 g/mol. The maximum Gasteiger partial charge on any atom is 0.163 e. The monoisotopic (exact) mass is 230 g/mol. The third kappa shape index (κ3) is 1.75. The molecule has 0 unspecified atom stereocenters. The first-order valence-electron chi connectivity index (χ1n) is 5.27. The Labute approximate surface area is 97.6 Å². The van der Waals surface area contributed by atoms with Gasteiger partial charge in [-0.2, -0.15) is 5.10 Å². The summed E-state index contributed by atoms with van der Waals surface area (Å²) >= 11 is 0. The quantitative estimate of drug-likeness (QED) is 0.733. The molecule has 0 N–H and O–H groups in total. The Balaban J connectivity index is 2.00. The Hall–Kier alpha value is -2.30. The van der Waals surface area contributed by atoms with E-state index in [1.807, 2.05) is 18.2 Å². The van der Waals surface area contributed by atoms with E-state index < -0.39 is 0 Å². The van der Waals surface area contributed by atoms with Crippen LogP contribution in [0.25, 0.3) is 5.69 Å². The molecule has 0 radical (unpaired) electrons. The highest BCUT2D eigenvalue weighted by molar-refractivity contribution is 5.73. The Bertz CT molecular complexity index is 563. The van der Waals surface area contributed by atoms with Gasteiger partial charge in [-0.15, -0.1) is 0 Å². The van der Waals surface area contributed by atoms with Gasteiger partial charge in [-0.1, -0.05) is 0 Å². The number of carbonyl (C=O) groups is 1. The zero-order valence-electron chi connectivity index (χ0n) is 9.00. The summed E-state index contributed by atoms with van der Waals surface area (Å²) in [6.45, 7) is 1.12. The molecule has 0 fully saturated rings. The molecular formula is C12H10N2O3. The normalized spacial score (nSPS) is 13.4. The maximum absolute atomic E-state index is 10.6. The molecule has 5 nitrogen and oxygen atoms in total. The van der Waals surface area contributed by atoms with Gasteiger partial charge in [0.2, 0.25) is 0 Å². The number of hydrogen-bond acceptors (Lipinski definition) is 4. The number of benzene rings is 1. The summed E-state index contributed by atoms with van der Waals surface area (Å²) in [5.74, 6) is 1.44. The minimum absolute atomic E-state index is 0.542. The van der Waals surface area contributed by atoms with E-state index in [0.717, 1.165) is 17.7 Å². The molecule has 5 heteroatoms. The molecule has 0 saturated heterocycles. The zero-order chi connectivity index (χ0) is 11.7.